The van der Waals surface area contributed by atoms with Crippen molar-refractivity contribution in [3.63, 3.8) is 0 Å². The third-order valence-electron chi connectivity index (χ3n) is 2.97. The summed E-state index contributed by atoms with van der Waals surface area (Å²) in [5, 5.41) is 1.96. The average Bonchev–Trinajstić information content (AvgIpc) is 2.59. The standard InChI is InChI=1S/C12H16O2S/c1-14-12(13)10-8-15-11-7-5-3-2-4-6-9(10)11/h8H,2-7H2,1H3. The van der Waals surface area contributed by atoms with Crippen LogP contribution < -0.4 is 0 Å². The molecule has 15 heavy (non-hydrogen) atoms. The number of hydrogen-bond acceptors (Lipinski definition) is 3. The van der Waals surface area contributed by atoms with E-state index in [1.807, 2.05) is 5.38 Å². The highest BCUT2D eigenvalue weighted by Crippen LogP contribution is 2.29. The van der Waals surface area contributed by atoms with Crippen LogP contribution in [0.4, 0.5) is 0 Å². The number of ether oxygens (including phenoxy) is 1. The zero-order valence-electron chi connectivity index (χ0n) is 9.04. The molecule has 0 N–H and O–H groups in total. The summed E-state index contributed by atoms with van der Waals surface area (Å²) < 4.78 is 4.80. The predicted molar refractivity (Wildman–Crippen MR) is 61.5 cm³/mol. The molecule has 1 aromatic heterocycles. The molecule has 0 aromatic carbocycles. The third kappa shape index (κ3) is 2.23. The fourth-order valence-corrected chi connectivity index (χ4v) is 3.24. The molecule has 0 bridgehead atoms. The molecule has 0 fully saturated rings. The Kier molecular flexibility index (Phi) is 3.41. The van der Waals surface area contributed by atoms with Crippen LogP contribution in [0.15, 0.2) is 5.38 Å². The molecule has 0 radical (unpaired) electrons. The van der Waals surface area contributed by atoms with Crippen molar-refractivity contribution in [3.05, 3.63) is 21.4 Å². The van der Waals surface area contributed by atoms with Crippen molar-refractivity contribution in [1.82, 2.24) is 0 Å². The van der Waals surface area contributed by atoms with Gasteiger partial charge in [0.05, 0.1) is 12.7 Å². The van der Waals surface area contributed by atoms with Crippen molar-refractivity contribution < 1.29 is 9.53 Å². The van der Waals surface area contributed by atoms with Crippen molar-refractivity contribution in [2.45, 2.75) is 38.5 Å². The molecule has 0 spiro atoms. The number of methoxy groups -OCH3 is 1. The van der Waals surface area contributed by atoms with Gasteiger partial charge in [-0.3, -0.25) is 0 Å². The number of fused-ring (bicyclic) bond motifs is 1. The molecule has 2 nitrogen and oxygen atoms in total. The van der Waals surface area contributed by atoms with Gasteiger partial charge in [0.1, 0.15) is 0 Å². The second-order valence-corrected chi connectivity index (χ2v) is 4.92. The maximum absolute atomic E-state index is 11.5. The highest BCUT2D eigenvalue weighted by atomic mass is 32.1. The zero-order valence-corrected chi connectivity index (χ0v) is 9.86. The van der Waals surface area contributed by atoms with Crippen LogP contribution in [0.5, 0.6) is 0 Å². The zero-order chi connectivity index (χ0) is 10.7. The number of carbonyl (C=O) groups excluding carboxylic acids is 1. The van der Waals surface area contributed by atoms with Crippen LogP contribution in [-0.2, 0) is 17.6 Å². The molecular weight excluding hydrogens is 208 g/mol. The fourth-order valence-electron chi connectivity index (χ4n) is 2.13. The van der Waals surface area contributed by atoms with Gasteiger partial charge in [-0.2, -0.15) is 0 Å². The molecule has 1 aliphatic carbocycles. The highest BCUT2D eigenvalue weighted by molar-refractivity contribution is 7.10. The number of esters is 1. The average molecular weight is 224 g/mol. The summed E-state index contributed by atoms with van der Waals surface area (Å²) in [6.45, 7) is 0. The van der Waals surface area contributed by atoms with Gasteiger partial charge in [0, 0.05) is 10.3 Å². The monoisotopic (exact) mass is 224 g/mol. The lowest BCUT2D eigenvalue weighted by molar-refractivity contribution is 0.0600. The first-order valence-electron chi connectivity index (χ1n) is 5.50. The summed E-state index contributed by atoms with van der Waals surface area (Å²) in [7, 11) is 1.45. The molecule has 0 unspecified atom stereocenters. The number of thiophene rings is 1. The third-order valence-corrected chi connectivity index (χ3v) is 4.06. The minimum atomic E-state index is -0.173. The van der Waals surface area contributed by atoms with Gasteiger partial charge in [0.2, 0.25) is 0 Å². The van der Waals surface area contributed by atoms with Gasteiger partial charge in [-0.05, 0) is 31.2 Å². The van der Waals surface area contributed by atoms with Crippen LogP contribution in [0, 0.1) is 0 Å². The molecule has 0 amide bonds. The van der Waals surface area contributed by atoms with Crippen molar-refractivity contribution in [1.29, 1.82) is 0 Å². The minimum absolute atomic E-state index is 0.173. The summed E-state index contributed by atoms with van der Waals surface area (Å²) in [5.41, 5.74) is 2.06. The highest BCUT2D eigenvalue weighted by Gasteiger charge is 2.18. The Bertz CT molecular complexity index is 355. The van der Waals surface area contributed by atoms with Crippen molar-refractivity contribution in [2.24, 2.45) is 0 Å². The van der Waals surface area contributed by atoms with E-state index >= 15 is 0 Å². The molecule has 82 valence electrons. The van der Waals surface area contributed by atoms with E-state index in [-0.39, 0.29) is 5.97 Å². The van der Waals surface area contributed by atoms with Crippen molar-refractivity contribution in [3.8, 4) is 0 Å². The molecule has 2 rings (SSSR count). The van der Waals surface area contributed by atoms with Gasteiger partial charge in [0.15, 0.2) is 0 Å². The second kappa shape index (κ2) is 4.79. The molecule has 0 aliphatic heterocycles. The van der Waals surface area contributed by atoms with E-state index in [0.29, 0.717) is 0 Å². The molecule has 3 heteroatoms. The second-order valence-electron chi connectivity index (χ2n) is 3.96. The van der Waals surface area contributed by atoms with Gasteiger partial charge in [-0.15, -0.1) is 11.3 Å². The van der Waals surface area contributed by atoms with Crippen LogP contribution in [-0.4, -0.2) is 13.1 Å². The molecule has 0 saturated heterocycles. The van der Waals surface area contributed by atoms with Crippen LogP contribution >= 0.6 is 11.3 Å². The largest absolute Gasteiger partial charge is 0.465 e. The summed E-state index contributed by atoms with van der Waals surface area (Å²) in [6.07, 6.45) is 7.25. The van der Waals surface area contributed by atoms with Gasteiger partial charge in [0.25, 0.3) is 0 Å². The van der Waals surface area contributed by atoms with E-state index in [1.54, 1.807) is 11.3 Å². The van der Waals surface area contributed by atoms with E-state index < -0.39 is 0 Å². The fraction of sp³-hybridized carbons (Fsp3) is 0.583. The predicted octanol–water partition coefficient (Wildman–Crippen LogP) is 3.19. The maximum Gasteiger partial charge on any atom is 0.338 e. The Labute approximate surface area is 94.3 Å². The molecule has 0 saturated carbocycles. The normalized spacial score (nSPS) is 16.3. The summed E-state index contributed by atoms with van der Waals surface area (Å²) >= 11 is 1.72. The van der Waals surface area contributed by atoms with E-state index in [0.717, 1.165) is 18.4 Å². The van der Waals surface area contributed by atoms with Gasteiger partial charge in [-0.25, -0.2) is 4.79 Å². The van der Waals surface area contributed by atoms with E-state index in [4.69, 9.17) is 4.74 Å². The smallest absolute Gasteiger partial charge is 0.338 e. The quantitative estimate of drug-likeness (QED) is 0.685. The Hall–Kier alpha value is -0.830. The molecule has 0 atom stereocenters. The van der Waals surface area contributed by atoms with Gasteiger partial charge >= 0.3 is 5.97 Å². The Morgan fingerprint density at radius 3 is 2.73 bits per heavy atom. The summed E-state index contributed by atoms with van der Waals surface area (Å²) in [5.74, 6) is -0.173. The molecule has 1 aromatic rings. The van der Waals surface area contributed by atoms with Crippen LogP contribution in [0.25, 0.3) is 0 Å². The maximum atomic E-state index is 11.5. The lowest BCUT2D eigenvalue weighted by atomic mass is 9.97. The summed E-state index contributed by atoms with van der Waals surface area (Å²) in [6, 6.07) is 0. The Morgan fingerprint density at radius 2 is 2.00 bits per heavy atom. The number of carbonyl (C=O) groups is 1. The minimum Gasteiger partial charge on any atom is -0.465 e. The molecular formula is C12H16O2S. The van der Waals surface area contributed by atoms with Crippen LogP contribution in [0.3, 0.4) is 0 Å². The van der Waals surface area contributed by atoms with E-state index in [9.17, 15) is 4.79 Å². The SMILES string of the molecule is COC(=O)c1csc2c1CCCCCC2. The Morgan fingerprint density at radius 1 is 1.27 bits per heavy atom. The number of aryl methyl sites for hydroxylation is 1. The van der Waals surface area contributed by atoms with E-state index in [2.05, 4.69) is 0 Å². The van der Waals surface area contributed by atoms with Crippen molar-refractivity contribution >= 4 is 17.3 Å². The topological polar surface area (TPSA) is 26.3 Å². The lowest BCUT2D eigenvalue weighted by Gasteiger charge is -2.10. The van der Waals surface area contributed by atoms with Crippen LogP contribution in [0.1, 0.15) is 46.5 Å². The van der Waals surface area contributed by atoms with E-state index in [1.165, 1.54) is 43.2 Å². The Balaban J connectivity index is 2.29. The number of hydrogen-bond donors (Lipinski definition) is 0. The van der Waals surface area contributed by atoms with Crippen molar-refractivity contribution in [2.75, 3.05) is 7.11 Å². The van der Waals surface area contributed by atoms with Gasteiger partial charge in [-0.1, -0.05) is 12.8 Å². The molecule has 1 heterocycles. The molecule has 1 aliphatic rings. The first-order chi connectivity index (χ1) is 7.33. The first kappa shape index (κ1) is 10.7. The summed E-state index contributed by atoms with van der Waals surface area (Å²) in [4.78, 5) is 12.9. The lowest BCUT2D eigenvalue weighted by Crippen LogP contribution is -2.05. The number of rotatable bonds is 1. The van der Waals surface area contributed by atoms with Gasteiger partial charge < -0.3 is 4.74 Å². The first-order valence-corrected chi connectivity index (χ1v) is 6.38. The van der Waals surface area contributed by atoms with Crippen LogP contribution in [0.2, 0.25) is 0 Å².